The number of aromatic amines is 1. The van der Waals surface area contributed by atoms with Gasteiger partial charge in [-0.15, -0.1) is 11.3 Å². The molecule has 0 bridgehead atoms. The molecule has 3 heterocycles. The molecule has 1 fully saturated rings. The maximum atomic E-state index is 12.4. The van der Waals surface area contributed by atoms with Gasteiger partial charge in [0.1, 0.15) is 0 Å². The van der Waals surface area contributed by atoms with Crippen molar-refractivity contribution in [3.63, 3.8) is 0 Å². The average Bonchev–Trinajstić information content (AvgIpc) is 3.18. The van der Waals surface area contributed by atoms with Crippen LogP contribution >= 0.6 is 11.3 Å². The largest absolute Gasteiger partial charge is 0.377 e. The number of hydrogen-bond acceptors (Lipinski definition) is 4. The molecule has 20 heavy (non-hydrogen) atoms. The molecule has 1 saturated heterocycles. The topological polar surface area (TPSA) is 58.2 Å². The molecule has 3 rings (SSSR count). The number of aryl methyl sites for hydroxylation is 1. The van der Waals surface area contributed by atoms with Crippen LogP contribution in [0.5, 0.6) is 0 Å². The number of carbonyl (C=O) groups excluding carboxylic acids is 1. The van der Waals surface area contributed by atoms with E-state index >= 15 is 0 Å². The van der Waals surface area contributed by atoms with E-state index in [9.17, 15) is 4.79 Å². The van der Waals surface area contributed by atoms with E-state index in [1.165, 1.54) is 4.88 Å². The van der Waals surface area contributed by atoms with Crippen LogP contribution in [0.4, 0.5) is 0 Å². The fourth-order valence-electron chi connectivity index (χ4n) is 2.44. The van der Waals surface area contributed by atoms with Gasteiger partial charge in [0.05, 0.1) is 24.9 Å². The van der Waals surface area contributed by atoms with Crippen molar-refractivity contribution in [1.29, 1.82) is 0 Å². The van der Waals surface area contributed by atoms with Crippen LogP contribution in [-0.4, -0.2) is 40.8 Å². The molecule has 1 atom stereocenters. The maximum absolute atomic E-state index is 12.4. The van der Waals surface area contributed by atoms with Gasteiger partial charge in [0, 0.05) is 24.0 Å². The van der Waals surface area contributed by atoms with Gasteiger partial charge < -0.3 is 9.64 Å². The Kier molecular flexibility index (Phi) is 4.13. The first-order valence-corrected chi connectivity index (χ1v) is 7.61. The van der Waals surface area contributed by atoms with Crippen LogP contribution in [0.25, 0.3) is 0 Å². The summed E-state index contributed by atoms with van der Waals surface area (Å²) in [5, 5.41) is 8.94. The second-order valence-electron chi connectivity index (χ2n) is 4.77. The highest BCUT2D eigenvalue weighted by Crippen LogP contribution is 2.23. The lowest BCUT2D eigenvalue weighted by molar-refractivity contribution is -0.140. The summed E-state index contributed by atoms with van der Waals surface area (Å²) in [5.74, 6) is 0.182. The molecular formula is C14H17N3O2S. The lowest BCUT2D eigenvalue weighted by Crippen LogP contribution is -2.43. The summed E-state index contributed by atoms with van der Waals surface area (Å²) in [7, 11) is 0. The number of aromatic nitrogens is 2. The number of nitrogens with zero attached hydrogens (tertiary/aromatic N) is 2. The molecule has 0 spiro atoms. The van der Waals surface area contributed by atoms with Gasteiger partial charge in [0.25, 0.3) is 0 Å². The van der Waals surface area contributed by atoms with Crippen molar-refractivity contribution in [3.05, 3.63) is 40.3 Å². The predicted octanol–water partition coefficient (Wildman–Crippen LogP) is 2.00. The summed E-state index contributed by atoms with van der Waals surface area (Å²) in [4.78, 5) is 15.6. The van der Waals surface area contributed by atoms with E-state index in [1.807, 2.05) is 22.4 Å². The van der Waals surface area contributed by atoms with Gasteiger partial charge >= 0.3 is 0 Å². The molecule has 2 aromatic rings. The summed E-state index contributed by atoms with van der Waals surface area (Å²) in [6.45, 7) is 1.79. The van der Waals surface area contributed by atoms with Gasteiger partial charge in [-0.1, -0.05) is 6.07 Å². The molecule has 1 N–H and O–H groups in total. The fraction of sp³-hybridized carbons (Fsp3) is 0.429. The number of hydrogen-bond donors (Lipinski definition) is 1. The van der Waals surface area contributed by atoms with Crippen molar-refractivity contribution in [1.82, 2.24) is 15.1 Å². The number of thiophene rings is 1. The molecule has 0 saturated carbocycles. The third-order valence-electron chi connectivity index (χ3n) is 3.50. The molecule has 1 aliphatic rings. The Balaban J connectivity index is 1.65. The molecule has 1 aliphatic heterocycles. The smallest absolute Gasteiger partial charge is 0.223 e. The van der Waals surface area contributed by atoms with Crippen LogP contribution in [0.15, 0.2) is 29.8 Å². The minimum absolute atomic E-state index is 0.0397. The van der Waals surface area contributed by atoms with Crippen LogP contribution in [0, 0.1) is 0 Å². The van der Waals surface area contributed by atoms with Gasteiger partial charge in [0.15, 0.2) is 0 Å². The van der Waals surface area contributed by atoms with E-state index in [-0.39, 0.29) is 11.9 Å². The summed E-state index contributed by atoms with van der Waals surface area (Å²) in [6, 6.07) is 5.96. The zero-order valence-electron chi connectivity index (χ0n) is 11.1. The number of carbonyl (C=O) groups is 1. The number of nitrogens with one attached hydrogen (secondary N) is 1. The lowest BCUT2D eigenvalue weighted by Gasteiger charge is -2.35. The maximum Gasteiger partial charge on any atom is 0.223 e. The number of rotatable bonds is 4. The van der Waals surface area contributed by atoms with Crippen LogP contribution in [0.2, 0.25) is 0 Å². The van der Waals surface area contributed by atoms with Crippen molar-refractivity contribution < 1.29 is 9.53 Å². The van der Waals surface area contributed by atoms with Gasteiger partial charge in [-0.3, -0.25) is 9.89 Å². The Bertz CT molecular complexity index is 539. The molecular weight excluding hydrogens is 274 g/mol. The first-order valence-electron chi connectivity index (χ1n) is 6.73. The zero-order valence-corrected chi connectivity index (χ0v) is 11.9. The number of ether oxygens (including phenoxy) is 1. The Morgan fingerprint density at radius 1 is 1.55 bits per heavy atom. The summed E-state index contributed by atoms with van der Waals surface area (Å²) < 4.78 is 5.50. The summed E-state index contributed by atoms with van der Waals surface area (Å²) >= 11 is 1.70. The second kappa shape index (κ2) is 6.19. The Hall–Kier alpha value is -1.66. The van der Waals surface area contributed by atoms with Gasteiger partial charge in [-0.05, 0) is 23.9 Å². The monoisotopic (exact) mass is 291 g/mol. The molecule has 0 radical (unpaired) electrons. The zero-order chi connectivity index (χ0) is 13.8. The lowest BCUT2D eigenvalue weighted by atomic mass is 10.1. The van der Waals surface area contributed by atoms with E-state index < -0.39 is 0 Å². The van der Waals surface area contributed by atoms with Gasteiger partial charge in [-0.2, -0.15) is 5.10 Å². The molecule has 6 heteroatoms. The van der Waals surface area contributed by atoms with Crippen LogP contribution in [0.3, 0.4) is 0 Å². The normalized spacial score (nSPS) is 19.2. The van der Waals surface area contributed by atoms with Crippen molar-refractivity contribution in [2.24, 2.45) is 0 Å². The number of amides is 1. The van der Waals surface area contributed by atoms with E-state index in [1.54, 1.807) is 17.5 Å². The standard InChI is InChI=1S/C14H17N3O2S/c18-14(4-3-11-2-1-9-20-11)17-7-8-19-10-13(17)12-5-6-15-16-12/h1-2,5-6,9,13H,3-4,7-8,10H2,(H,15,16)/t13-/m1/s1. The Morgan fingerprint density at radius 2 is 2.50 bits per heavy atom. The number of morpholine rings is 1. The molecule has 2 aromatic heterocycles. The molecule has 0 aromatic carbocycles. The minimum Gasteiger partial charge on any atom is -0.377 e. The Morgan fingerprint density at radius 3 is 3.25 bits per heavy atom. The van der Waals surface area contributed by atoms with Crippen molar-refractivity contribution in [2.45, 2.75) is 18.9 Å². The van der Waals surface area contributed by atoms with Crippen molar-refractivity contribution in [2.75, 3.05) is 19.8 Å². The predicted molar refractivity (Wildman–Crippen MR) is 76.5 cm³/mol. The third kappa shape index (κ3) is 2.91. The first-order chi connectivity index (χ1) is 9.84. The summed E-state index contributed by atoms with van der Waals surface area (Å²) in [5.41, 5.74) is 0.939. The molecule has 106 valence electrons. The van der Waals surface area contributed by atoms with Crippen LogP contribution in [-0.2, 0) is 16.0 Å². The molecule has 1 amide bonds. The minimum atomic E-state index is -0.0397. The van der Waals surface area contributed by atoms with Gasteiger partial charge in [0.2, 0.25) is 5.91 Å². The van der Waals surface area contributed by atoms with Crippen molar-refractivity contribution >= 4 is 17.2 Å². The van der Waals surface area contributed by atoms with E-state index in [2.05, 4.69) is 16.3 Å². The highest BCUT2D eigenvalue weighted by molar-refractivity contribution is 7.09. The van der Waals surface area contributed by atoms with Crippen LogP contribution in [0.1, 0.15) is 23.0 Å². The fourth-order valence-corrected chi connectivity index (χ4v) is 3.15. The average molecular weight is 291 g/mol. The molecule has 0 unspecified atom stereocenters. The van der Waals surface area contributed by atoms with Crippen molar-refractivity contribution in [3.8, 4) is 0 Å². The summed E-state index contributed by atoms with van der Waals surface area (Å²) in [6.07, 6.45) is 3.06. The first kappa shape index (κ1) is 13.3. The quantitative estimate of drug-likeness (QED) is 0.937. The molecule has 5 nitrogen and oxygen atoms in total. The second-order valence-corrected chi connectivity index (χ2v) is 5.80. The molecule has 0 aliphatic carbocycles. The van der Waals surface area contributed by atoms with E-state index in [0.29, 0.717) is 26.2 Å². The highest BCUT2D eigenvalue weighted by atomic mass is 32.1. The number of H-pyrrole nitrogens is 1. The SMILES string of the molecule is O=C(CCc1cccs1)N1CCOC[C@@H]1c1ccn[nH]1. The van der Waals surface area contributed by atoms with E-state index in [0.717, 1.165) is 12.1 Å². The van der Waals surface area contributed by atoms with E-state index in [4.69, 9.17) is 4.74 Å². The Labute approximate surface area is 121 Å². The van der Waals surface area contributed by atoms with Crippen LogP contribution < -0.4 is 0 Å². The third-order valence-corrected chi connectivity index (χ3v) is 4.43. The highest BCUT2D eigenvalue weighted by Gasteiger charge is 2.29. The van der Waals surface area contributed by atoms with Gasteiger partial charge in [-0.25, -0.2) is 0 Å².